The second-order valence-corrected chi connectivity index (χ2v) is 6.39. The Balaban J connectivity index is 0.00000341. The van der Waals surface area contributed by atoms with E-state index < -0.39 is 6.36 Å². The smallest absolute Gasteiger partial charge is 0.405 e. The average molecular weight is 568 g/mol. The van der Waals surface area contributed by atoms with E-state index in [2.05, 4.69) is 30.5 Å². The zero-order valence-corrected chi connectivity index (χ0v) is 19.2. The zero-order valence-electron chi connectivity index (χ0n) is 16.1. The molecule has 1 aromatic heterocycles. The Morgan fingerprint density at radius 2 is 1.77 bits per heavy atom. The van der Waals surface area contributed by atoms with Gasteiger partial charge in [0, 0.05) is 29.7 Å². The third-order valence-electron chi connectivity index (χ3n) is 3.85. The van der Waals surface area contributed by atoms with Gasteiger partial charge in [-0.25, -0.2) is 0 Å². The third-order valence-corrected chi connectivity index (χ3v) is 4.10. The summed E-state index contributed by atoms with van der Waals surface area (Å²) in [5, 5.41) is 10.4. The molecule has 0 spiro atoms. The monoisotopic (exact) mass is 567 g/mol. The molecule has 0 radical (unpaired) electrons. The van der Waals surface area contributed by atoms with Crippen LogP contribution in [0.2, 0.25) is 5.02 Å². The number of aliphatic imine (C=N–C) groups is 1. The van der Waals surface area contributed by atoms with E-state index in [1.807, 2.05) is 0 Å². The van der Waals surface area contributed by atoms with E-state index in [-0.39, 0.29) is 42.8 Å². The molecule has 3 aromatic rings. The van der Waals surface area contributed by atoms with Gasteiger partial charge in [0.1, 0.15) is 5.75 Å². The number of alkyl halides is 3. The first-order valence-electron chi connectivity index (χ1n) is 8.71. The number of ether oxygens (including phenoxy) is 1. The summed E-state index contributed by atoms with van der Waals surface area (Å²) in [4.78, 5) is 8.30. The van der Waals surface area contributed by atoms with Crippen molar-refractivity contribution in [2.75, 3.05) is 7.05 Å². The Morgan fingerprint density at radius 1 is 1.10 bits per heavy atom. The Bertz CT molecular complexity index is 1010. The van der Waals surface area contributed by atoms with Gasteiger partial charge in [-0.2, -0.15) is 4.98 Å². The fraction of sp³-hybridized carbons (Fsp3) is 0.211. The Kier molecular flexibility index (Phi) is 8.92. The van der Waals surface area contributed by atoms with Crippen molar-refractivity contribution in [1.82, 2.24) is 20.8 Å². The van der Waals surface area contributed by atoms with Gasteiger partial charge in [-0.05, 0) is 30.3 Å². The van der Waals surface area contributed by atoms with Crippen LogP contribution in [0.1, 0.15) is 11.5 Å². The van der Waals surface area contributed by atoms with Crippen LogP contribution in [0.5, 0.6) is 5.75 Å². The minimum absolute atomic E-state index is 0. The molecule has 0 atom stereocenters. The molecule has 12 heteroatoms. The van der Waals surface area contributed by atoms with Gasteiger partial charge in [-0.3, -0.25) is 4.99 Å². The molecule has 31 heavy (non-hydrogen) atoms. The van der Waals surface area contributed by atoms with E-state index >= 15 is 0 Å². The van der Waals surface area contributed by atoms with Gasteiger partial charge < -0.3 is 19.9 Å². The maximum atomic E-state index is 12.5. The largest absolute Gasteiger partial charge is 0.573 e. The molecule has 3 rings (SSSR count). The summed E-state index contributed by atoms with van der Waals surface area (Å²) in [6, 6.07) is 12.8. The third kappa shape index (κ3) is 7.58. The number of halogens is 5. The number of rotatable bonds is 6. The highest BCUT2D eigenvalue weighted by molar-refractivity contribution is 14.0. The van der Waals surface area contributed by atoms with Gasteiger partial charge in [-0.1, -0.05) is 35.0 Å². The first-order chi connectivity index (χ1) is 14.3. The Labute approximate surface area is 198 Å². The fourth-order valence-corrected chi connectivity index (χ4v) is 2.60. The first-order valence-corrected chi connectivity index (χ1v) is 9.08. The minimum Gasteiger partial charge on any atom is -0.405 e. The van der Waals surface area contributed by atoms with Crippen LogP contribution in [-0.2, 0) is 13.1 Å². The Morgan fingerprint density at radius 3 is 2.45 bits per heavy atom. The number of para-hydroxylation sites is 1. The molecule has 2 N–H and O–H groups in total. The molecule has 0 unspecified atom stereocenters. The normalized spacial score (nSPS) is 11.6. The molecule has 0 aliphatic rings. The second kappa shape index (κ2) is 11.2. The summed E-state index contributed by atoms with van der Waals surface area (Å²) < 4.78 is 46.8. The number of hydrogen-bond donors (Lipinski definition) is 2. The number of guanidine groups is 1. The average Bonchev–Trinajstić information content (AvgIpc) is 3.17. The maximum absolute atomic E-state index is 12.5. The molecule has 166 valence electrons. The summed E-state index contributed by atoms with van der Waals surface area (Å²) in [6.07, 6.45) is -4.77. The number of aromatic nitrogens is 2. The fourth-order valence-electron chi connectivity index (χ4n) is 2.48. The highest BCUT2D eigenvalue weighted by Crippen LogP contribution is 2.26. The molecule has 0 aliphatic carbocycles. The van der Waals surface area contributed by atoms with Crippen LogP contribution >= 0.6 is 35.6 Å². The van der Waals surface area contributed by atoms with Crippen LogP contribution in [0, 0.1) is 0 Å². The molecular formula is C19H18ClF3IN5O2. The summed E-state index contributed by atoms with van der Waals surface area (Å²) in [7, 11) is 1.53. The first kappa shape index (κ1) is 24.7. The molecule has 0 amide bonds. The van der Waals surface area contributed by atoms with Gasteiger partial charge in [0.2, 0.25) is 11.7 Å². The number of nitrogens with one attached hydrogen (secondary N) is 2. The quantitative estimate of drug-likeness (QED) is 0.254. The second-order valence-electron chi connectivity index (χ2n) is 5.95. The van der Waals surface area contributed by atoms with E-state index in [0.717, 1.165) is 5.56 Å². The van der Waals surface area contributed by atoms with Crippen molar-refractivity contribution in [3.63, 3.8) is 0 Å². The predicted octanol–water partition coefficient (Wildman–Crippen LogP) is 4.77. The number of benzene rings is 2. The van der Waals surface area contributed by atoms with Crippen LogP contribution < -0.4 is 15.4 Å². The molecule has 1 heterocycles. The number of nitrogens with zero attached hydrogens (tertiary/aromatic N) is 3. The SMILES string of the molecule is CN=C(NCc1nc(-c2ccc(Cl)cc2)no1)NCc1ccccc1OC(F)(F)F.I. The molecule has 0 bridgehead atoms. The summed E-state index contributed by atoms with van der Waals surface area (Å²) >= 11 is 5.86. The zero-order chi connectivity index (χ0) is 21.6. The van der Waals surface area contributed by atoms with Gasteiger partial charge in [0.05, 0.1) is 6.54 Å². The van der Waals surface area contributed by atoms with Crippen LogP contribution in [0.25, 0.3) is 11.4 Å². The molecular weight excluding hydrogens is 550 g/mol. The molecule has 0 fully saturated rings. The molecule has 0 aliphatic heterocycles. The predicted molar refractivity (Wildman–Crippen MR) is 120 cm³/mol. The van der Waals surface area contributed by atoms with Gasteiger partial charge in [0.15, 0.2) is 5.96 Å². The molecule has 7 nitrogen and oxygen atoms in total. The summed E-state index contributed by atoms with van der Waals surface area (Å²) in [5.74, 6) is 0.772. The van der Waals surface area contributed by atoms with E-state index in [9.17, 15) is 13.2 Å². The van der Waals surface area contributed by atoms with Crippen LogP contribution in [0.15, 0.2) is 58.0 Å². The van der Waals surface area contributed by atoms with E-state index in [1.54, 1.807) is 30.3 Å². The lowest BCUT2D eigenvalue weighted by atomic mass is 10.2. The van der Waals surface area contributed by atoms with Crippen molar-refractivity contribution in [3.05, 3.63) is 65.0 Å². The van der Waals surface area contributed by atoms with E-state index in [1.165, 1.54) is 25.2 Å². The summed E-state index contributed by atoms with van der Waals surface area (Å²) in [5.41, 5.74) is 1.07. The minimum atomic E-state index is -4.77. The van der Waals surface area contributed by atoms with Crippen LogP contribution in [-0.4, -0.2) is 29.5 Å². The van der Waals surface area contributed by atoms with Crippen molar-refractivity contribution in [1.29, 1.82) is 0 Å². The lowest BCUT2D eigenvalue weighted by Crippen LogP contribution is -2.36. The van der Waals surface area contributed by atoms with Crippen molar-refractivity contribution in [2.24, 2.45) is 4.99 Å². The van der Waals surface area contributed by atoms with Crippen molar-refractivity contribution >= 4 is 41.5 Å². The number of hydrogen-bond acceptors (Lipinski definition) is 5. The van der Waals surface area contributed by atoms with Crippen LogP contribution in [0.4, 0.5) is 13.2 Å². The van der Waals surface area contributed by atoms with Gasteiger partial charge >= 0.3 is 6.36 Å². The molecule has 0 saturated carbocycles. The van der Waals surface area contributed by atoms with E-state index in [4.69, 9.17) is 16.1 Å². The maximum Gasteiger partial charge on any atom is 0.573 e. The Hall–Kier alpha value is -2.54. The standard InChI is InChI=1S/C19H17ClF3N5O2.HI/c1-24-18(25-10-13-4-2-3-5-15(13)29-19(21,22)23)26-11-16-27-17(28-30-16)12-6-8-14(20)9-7-12;/h2-9H,10-11H2,1H3,(H2,24,25,26);1H. The van der Waals surface area contributed by atoms with Gasteiger partial charge in [0.25, 0.3) is 0 Å². The molecule has 2 aromatic carbocycles. The molecule has 0 saturated heterocycles. The van der Waals surface area contributed by atoms with Crippen molar-refractivity contribution in [2.45, 2.75) is 19.5 Å². The highest BCUT2D eigenvalue weighted by Gasteiger charge is 2.31. The van der Waals surface area contributed by atoms with Gasteiger partial charge in [-0.15, -0.1) is 37.1 Å². The van der Waals surface area contributed by atoms with Crippen molar-refractivity contribution in [3.8, 4) is 17.1 Å². The van der Waals surface area contributed by atoms with Crippen molar-refractivity contribution < 1.29 is 22.4 Å². The summed E-state index contributed by atoms with van der Waals surface area (Å²) in [6.45, 7) is 0.229. The topological polar surface area (TPSA) is 84.6 Å². The lowest BCUT2D eigenvalue weighted by Gasteiger charge is -2.15. The lowest BCUT2D eigenvalue weighted by molar-refractivity contribution is -0.274. The van der Waals surface area contributed by atoms with E-state index in [0.29, 0.717) is 28.3 Å². The highest BCUT2D eigenvalue weighted by atomic mass is 127. The van der Waals surface area contributed by atoms with Crippen LogP contribution in [0.3, 0.4) is 0 Å².